The molecule has 0 aromatic carbocycles. The molecule has 0 spiro atoms. The summed E-state index contributed by atoms with van der Waals surface area (Å²) in [6, 6.07) is 0. The van der Waals surface area contributed by atoms with Crippen molar-refractivity contribution in [2.75, 3.05) is 0 Å². The Kier molecular flexibility index (Phi) is 2.92. The van der Waals surface area contributed by atoms with Gasteiger partial charge in [-0.2, -0.15) is 0 Å². The van der Waals surface area contributed by atoms with Gasteiger partial charge in [-0.15, -0.1) is 6.42 Å². The maximum atomic E-state index is 10.9. The number of allylic oxidation sites excluding steroid dienone is 4. The largest absolute Gasteiger partial charge is 0.377 e. The van der Waals surface area contributed by atoms with Gasteiger partial charge in [0, 0.05) is 5.41 Å². The van der Waals surface area contributed by atoms with Gasteiger partial charge in [-0.25, -0.2) is 0 Å². The summed E-state index contributed by atoms with van der Waals surface area (Å²) >= 11 is 0. The van der Waals surface area contributed by atoms with Crippen LogP contribution in [-0.4, -0.2) is 10.7 Å². The third-order valence-corrected chi connectivity index (χ3v) is 7.41. The van der Waals surface area contributed by atoms with Crippen molar-refractivity contribution >= 4 is 0 Å². The predicted octanol–water partition coefficient (Wildman–Crippen LogP) is 4.09. The van der Waals surface area contributed by atoms with Crippen LogP contribution in [0.4, 0.5) is 0 Å². The van der Waals surface area contributed by atoms with Gasteiger partial charge in [0.2, 0.25) is 0 Å². The molecule has 6 atom stereocenters. The van der Waals surface area contributed by atoms with E-state index in [4.69, 9.17) is 6.42 Å². The van der Waals surface area contributed by atoms with Crippen molar-refractivity contribution in [1.82, 2.24) is 0 Å². The van der Waals surface area contributed by atoms with E-state index >= 15 is 0 Å². The van der Waals surface area contributed by atoms with E-state index in [-0.39, 0.29) is 5.41 Å². The summed E-state index contributed by atoms with van der Waals surface area (Å²) in [6.07, 6.45) is 20.9. The number of hydrogen-bond acceptors (Lipinski definition) is 1. The first-order valence-electron chi connectivity index (χ1n) is 8.66. The Bertz CT molecular complexity index is 551. The normalized spacial score (nSPS) is 51.4. The van der Waals surface area contributed by atoms with Crippen LogP contribution in [0.25, 0.3) is 0 Å². The van der Waals surface area contributed by atoms with Gasteiger partial charge < -0.3 is 5.11 Å². The minimum absolute atomic E-state index is 0.0568. The predicted molar refractivity (Wildman–Crippen MR) is 85.4 cm³/mol. The van der Waals surface area contributed by atoms with Gasteiger partial charge in [0.05, 0.1) is 0 Å². The van der Waals surface area contributed by atoms with Crippen LogP contribution in [0.2, 0.25) is 0 Å². The molecule has 0 bridgehead atoms. The SMILES string of the molecule is C#C[C@]1(O)CC[C@H]2[C@@H]3CC=C4C=CCC[C@@H]4[C@H]3CC[C@@]21C. The minimum Gasteiger partial charge on any atom is -0.377 e. The molecule has 0 aromatic rings. The Morgan fingerprint density at radius 3 is 2.90 bits per heavy atom. The third kappa shape index (κ3) is 1.69. The summed E-state index contributed by atoms with van der Waals surface area (Å²) in [4.78, 5) is 0. The van der Waals surface area contributed by atoms with E-state index in [2.05, 4.69) is 31.1 Å². The summed E-state index contributed by atoms with van der Waals surface area (Å²) in [5.41, 5.74) is 0.675. The van der Waals surface area contributed by atoms with Crippen molar-refractivity contribution in [1.29, 1.82) is 0 Å². The number of aliphatic hydroxyl groups is 1. The highest BCUT2D eigenvalue weighted by Gasteiger charge is 2.61. The lowest BCUT2D eigenvalue weighted by Crippen LogP contribution is -2.51. The number of terminal acetylenes is 1. The van der Waals surface area contributed by atoms with E-state index in [1.807, 2.05) is 0 Å². The molecule has 1 heteroatoms. The van der Waals surface area contributed by atoms with Crippen molar-refractivity contribution in [2.24, 2.45) is 29.1 Å². The molecule has 0 radical (unpaired) electrons. The van der Waals surface area contributed by atoms with Crippen molar-refractivity contribution in [3.63, 3.8) is 0 Å². The summed E-state index contributed by atoms with van der Waals surface area (Å²) < 4.78 is 0. The van der Waals surface area contributed by atoms with Gasteiger partial charge >= 0.3 is 0 Å². The second kappa shape index (κ2) is 4.50. The minimum atomic E-state index is -0.862. The lowest BCUT2D eigenvalue weighted by Gasteiger charge is -2.53. The highest BCUT2D eigenvalue weighted by molar-refractivity contribution is 5.31. The zero-order valence-corrected chi connectivity index (χ0v) is 13.0. The molecule has 0 saturated heterocycles. The lowest BCUT2D eigenvalue weighted by molar-refractivity contribution is -0.0801. The van der Waals surface area contributed by atoms with Crippen molar-refractivity contribution < 1.29 is 5.11 Å². The van der Waals surface area contributed by atoms with Gasteiger partial charge in [0.15, 0.2) is 0 Å². The van der Waals surface area contributed by atoms with Crippen molar-refractivity contribution in [2.45, 2.75) is 57.5 Å². The molecule has 0 aromatic heterocycles. The number of fused-ring (bicyclic) bond motifs is 5. The maximum Gasteiger partial charge on any atom is 0.130 e. The van der Waals surface area contributed by atoms with Crippen LogP contribution in [0.15, 0.2) is 23.8 Å². The first kappa shape index (κ1) is 13.6. The van der Waals surface area contributed by atoms with Crippen LogP contribution >= 0.6 is 0 Å². The van der Waals surface area contributed by atoms with Crippen LogP contribution in [0, 0.1) is 41.4 Å². The first-order chi connectivity index (χ1) is 10.1. The van der Waals surface area contributed by atoms with Crippen LogP contribution < -0.4 is 0 Å². The van der Waals surface area contributed by atoms with Crippen LogP contribution in [0.1, 0.15) is 51.9 Å². The number of hydrogen-bond donors (Lipinski definition) is 1. The molecule has 4 aliphatic carbocycles. The van der Waals surface area contributed by atoms with E-state index in [0.717, 1.165) is 37.0 Å². The zero-order chi connectivity index (χ0) is 14.7. The third-order valence-electron chi connectivity index (χ3n) is 7.41. The standard InChI is InChI=1S/C20H26O/c1-3-20(21)13-11-18-17-9-8-14-6-4-5-7-15(14)16(17)10-12-19(18,20)2/h1,4,6,8,15-18,21H,5,7,9-13H2,2H3/t15-,16+,17+,18-,19-,20-/m0/s1. The molecule has 2 saturated carbocycles. The Hall–Kier alpha value is -1.00. The maximum absolute atomic E-state index is 10.9. The Morgan fingerprint density at radius 2 is 2.10 bits per heavy atom. The monoisotopic (exact) mass is 282 g/mol. The summed E-state index contributed by atoms with van der Waals surface area (Å²) in [5.74, 6) is 5.72. The molecule has 0 amide bonds. The average Bonchev–Trinajstić information content (AvgIpc) is 2.79. The van der Waals surface area contributed by atoms with Crippen molar-refractivity contribution in [3.8, 4) is 12.3 Å². The molecule has 0 unspecified atom stereocenters. The van der Waals surface area contributed by atoms with Gasteiger partial charge in [-0.3, -0.25) is 0 Å². The summed E-state index contributed by atoms with van der Waals surface area (Å²) in [6.45, 7) is 2.26. The van der Waals surface area contributed by atoms with Gasteiger partial charge in [-0.05, 0) is 74.2 Å². The molecular formula is C20H26O. The van der Waals surface area contributed by atoms with Gasteiger partial charge in [0.1, 0.15) is 5.60 Å². The fourth-order valence-electron chi connectivity index (χ4n) is 6.15. The van der Waals surface area contributed by atoms with E-state index in [0.29, 0.717) is 5.92 Å². The average molecular weight is 282 g/mol. The molecule has 1 N–H and O–H groups in total. The Balaban J connectivity index is 1.69. The smallest absolute Gasteiger partial charge is 0.130 e. The quantitative estimate of drug-likeness (QED) is 0.664. The molecule has 4 rings (SSSR count). The summed E-state index contributed by atoms with van der Waals surface area (Å²) in [7, 11) is 0. The molecule has 0 heterocycles. The molecule has 1 nitrogen and oxygen atoms in total. The van der Waals surface area contributed by atoms with E-state index in [1.54, 1.807) is 5.57 Å². The zero-order valence-electron chi connectivity index (χ0n) is 13.0. The molecule has 0 aliphatic heterocycles. The van der Waals surface area contributed by atoms with E-state index in [9.17, 15) is 5.11 Å². The topological polar surface area (TPSA) is 20.2 Å². The van der Waals surface area contributed by atoms with E-state index < -0.39 is 5.60 Å². The fourth-order valence-corrected chi connectivity index (χ4v) is 6.15. The highest BCUT2D eigenvalue weighted by Crippen LogP contribution is 2.63. The molecule has 21 heavy (non-hydrogen) atoms. The molecule has 4 aliphatic rings. The molecular weight excluding hydrogens is 256 g/mol. The second-order valence-electron chi connectivity index (χ2n) is 7.96. The molecule has 112 valence electrons. The van der Waals surface area contributed by atoms with Crippen LogP contribution in [0.5, 0.6) is 0 Å². The fraction of sp³-hybridized carbons (Fsp3) is 0.700. The van der Waals surface area contributed by atoms with Crippen LogP contribution in [-0.2, 0) is 0 Å². The Labute approximate surface area is 128 Å². The second-order valence-corrected chi connectivity index (χ2v) is 7.96. The summed E-state index contributed by atoms with van der Waals surface area (Å²) in [5, 5.41) is 10.9. The highest BCUT2D eigenvalue weighted by atomic mass is 16.3. The van der Waals surface area contributed by atoms with Crippen LogP contribution in [0.3, 0.4) is 0 Å². The van der Waals surface area contributed by atoms with Gasteiger partial charge in [-0.1, -0.05) is 31.1 Å². The lowest BCUT2D eigenvalue weighted by atomic mass is 9.51. The van der Waals surface area contributed by atoms with Crippen molar-refractivity contribution in [3.05, 3.63) is 23.8 Å². The van der Waals surface area contributed by atoms with E-state index in [1.165, 1.54) is 25.7 Å². The number of rotatable bonds is 0. The first-order valence-corrected chi connectivity index (χ1v) is 8.66. The Morgan fingerprint density at radius 1 is 1.24 bits per heavy atom. The van der Waals surface area contributed by atoms with Gasteiger partial charge in [0.25, 0.3) is 0 Å². The molecule has 2 fully saturated rings.